The van der Waals surface area contributed by atoms with Crippen LogP contribution in [-0.4, -0.2) is 81.7 Å². The maximum absolute atomic E-state index is 13.7. The number of benzene rings is 1. The van der Waals surface area contributed by atoms with Gasteiger partial charge in [0.05, 0.1) is 18.8 Å². The van der Waals surface area contributed by atoms with Gasteiger partial charge < -0.3 is 24.8 Å². The van der Waals surface area contributed by atoms with Crippen molar-refractivity contribution in [3.05, 3.63) is 84.4 Å². The second-order valence-electron chi connectivity index (χ2n) is 10.2. The van der Waals surface area contributed by atoms with E-state index in [-0.39, 0.29) is 11.9 Å². The first-order chi connectivity index (χ1) is 19.7. The lowest BCUT2D eigenvalue weighted by molar-refractivity contribution is 0.00161. The Balaban J connectivity index is 1.13. The Morgan fingerprint density at radius 3 is 2.48 bits per heavy atom. The number of pyridine rings is 2. The first-order valence-corrected chi connectivity index (χ1v) is 13.8. The highest BCUT2D eigenvalue weighted by molar-refractivity contribution is 6.06. The Labute approximate surface area is 233 Å². The molecule has 6 rings (SSSR count). The number of fused-ring (bicyclic) bond motifs is 1. The number of carbonyl (C=O) groups excluding carboxylic acids is 2. The van der Waals surface area contributed by atoms with Crippen molar-refractivity contribution < 1.29 is 14.3 Å². The molecule has 4 aromatic rings. The molecule has 0 aliphatic carbocycles. The van der Waals surface area contributed by atoms with Crippen LogP contribution in [0.4, 0.5) is 10.5 Å². The van der Waals surface area contributed by atoms with Gasteiger partial charge in [0, 0.05) is 80.3 Å². The second-order valence-corrected chi connectivity index (χ2v) is 10.2. The van der Waals surface area contributed by atoms with E-state index in [0.717, 1.165) is 74.5 Å². The number of rotatable bonds is 6. The third kappa shape index (κ3) is 5.68. The standard InChI is InChI=1S/C30H33N7O3/c38-29(36-13-9-24(10-14-36)35-15-17-40-18-16-35)27-21-37(28-26(27)4-2-12-32-28)25-7-5-23(6-8-25)34-30(39)33-20-22-3-1-11-31-19-22/h1-8,11-12,19,21,24H,9-10,13-18,20H2,(H2,33,34,39). The molecule has 1 aromatic carbocycles. The molecular weight excluding hydrogens is 506 g/mol. The Bertz CT molecular complexity index is 1460. The molecule has 10 heteroatoms. The summed E-state index contributed by atoms with van der Waals surface area (Å²) in [5.41, 5.74) is 3.83. The molecule has 2 aliphatic rings. The zero-order valence-electron chi connectivity index (χ0n) is 22.3. The summed E-state index contributed by atoms with van der Waals surface area (Å²) in [6.07, 6.45) is 9.00. The van der Waals surface area contributed by atoms with Crippen LogP contribution in [0, 0.1) is 0 Å². The van der Waals surface area contributed by atoms with E-state index in [4.69, 9.17) is 4.74 Å². The molecule has 0 saturated carbocycles. The molecule has 3 amide bonds. The van der Waals surface area contributed by atoms with E-state index in [1.165, 1.54) is 0 Å². The van der Waals surface area contributed by atoms with Crippen LogP contribution in [0.5, 0.6) is 0 Å². The Morgan fingerprint density at radius 1 is 0.950 bits per heavy atom. The predicted molar refractivity (Wildman–Crippen MR) is 152 cm³/mol. The maximum Gasteiger partial charge on any atom is 0.319 e. The highest BCUT2D eigenvalue weighted by Crippen LogP contribution is 2.27. The van der Waals surface area contributed by atoms with Crippen LogP contribution in [0.15, 0.2) is 73.3 Å². The van der Waals surface area contributed by atoms with Crippen molar-refractivity contribution in [2.75, 3.05) is 44.7 Å². The lowest BCUT2D eigenvalue weighted by Gasteiger charge is -2.40. The summed E-state index contributed by atoms with van der Waals surface area (Å²) in [5, 5.41) is 6.52. The third-order valence-corrected chi connectivity index (χ3v) is 7.69. The number of morpholine rings is 1. The molecule has 5 heterocycles. The Morgan fingerprint density at radius 2 is 1.73 bits per heavy atom. The number of likely N-dealkylation sites (tertiary alicyclic amines) is 1. The topological polar surface area (TPSA) is 105 Å². The molecule has 2 aliphatic heterocycles. The first kappa shape index (κ1) is 26.0. The molecule has 40 heavy (non-hydrogen) atoms. The third-order valence-electron chi connectivity index (χ3n) is 7.69. The number of anilines is 1. The van der Waals surface area contributed by atoms with Gasteiger partial charge in [-0.3, -0.25) is 14.7 Å². The van der Waals surface area contributed by atoms with Gasteiger partial charge >= 0.3 is 6.03 Å². The normalized spacial score (nSPS) is 16.6. The molecule has 2 fully saturated rings. The van der Waals surface area contributed by atoms with Crippen LogP contribution >= 0.6 is 0 Å². The van der Waals surface area contributed by atoms with Crippen molar-refractivity contribution in [3.8, 4) is 5.69 Å². The number of hydrogen-bond acceptors (Lipinski definition) is 6. The average Bonchev–Trinajstić information content (AvgIpc) is 3.41. The van der Waals surface area contributed by atoms with Gasteiger partial charge in [0.2, 0.25) is 0 Å². The van der Waals surface area contributed by atoms with E-state index in [1.54, 1.807) is 18.6 Å². The molecule has 0 spiro atoms. The predicted octanol–water partition coefficient (Wildman–Crippen LogP) is 3.68. The molecule has 3 aromatic heterocycles. The molecule has 0 unspecified atom stereocenters. The van der Waals surface area contributed by atoms with Crippen molar-refractivity contribution in [2.24, 2.45) is 0 Å². The summed E-state index contributed by atoms with van der Waals surface area (Å²) in [6, 6.07) is 15.3. The lowest BCUT2D eigenvalue weighted by Crippen LogP contribution is -2.50. The second kappa shape index (κ2) is 11.8. The average molecular weight is 540 g/mol. The zero-order chi connectivity index (χ0) is 27.3. The number of hydrogen-bond donors (Lipinski definition) is 2. The maximum atomic E-state index is 13.7. The van der Waals surface area contributed by atoms with Crippen LogP contribution in [0.1, 0.15) is 28.8 Å². The number of aromatic nitrogens is 3. The highest BCUT2D eigenvalue weighted by Gasteiger charge is 2.29. The number of nitrogens with zero attached hydrogens (tertiary/aromatic N) is 5. The van der Waals surface area contributed by atoms with Crippen molar-refractivity contribution in [1.29, 1.82) is 0 Å². The molecule has 206 valence electrons. The number of carbonyl (C=O) groups is 2. The summed E-state index contributed by atoms with van der Waals surface area (Å²) < 4.78 is 7.44. The minimum atomic E-state index is -0.296. The van der Waals surface area contributed by atoms with Gasteiger partial charge in [-0.25, -0.2) is 9.78 Å². The van der Waals surface area contributed by atoms with Gasteiger partial charge in [-0.05, 0) is 60.9 Å². The molecule has 10 nitrogen and oxygen atoms in total. The summed E-state index contributed by atoms with van der Waals surface area (Å²) >= 11 is 0. The van der Waals surface area contributed by atoms with Gasteiger partial charge in [0.1, 0.15) is 5.65 Å². The zero-order valence-corrected chi connectivity index (χ0v) is 22.3. The first-order valence-electron chi connectivity index (χ1n) is 13.8. The SMILES string of the molecule is O=C(NCc1cccnc1)Nc1ccc(-n2cc(C(=O)N3CCC(N4CCOCC4)CC3)c3cccnc32)cc1. The number of amides is 3. The van der Waals surface area contributed by atoms with Crippen molar-refractivity contribution in [3.63, 3.8) is 0 Å². The largest absolute Gasteiger partial charge is 0.379 e. The van der Waals surface area contributed by atoms with E-state index < -0.39 is 0 Å². The summed E-state index contributed by atoms with van der Waals surface area (Å²) in [7, 11) is 0. The molecule has 0 bridgehead atoms. The van der Waals surface area contributed by atoms with E-state index in [1.807, 2.05) is 64.2 Å². The monoisotopic (exact) mass is 539 g/mol. The summed E-state index contributed by atoms with van der Waals surface area (Å²) in [6.45, 7) is 5.42. The minimum Gasteiger partial charge on any atom is -0.379 e. The van der Waals surface area contributed by atoms with E-state index >= 15 is 0 Å². The fourth-order valence-corrected chi connectivity index (χ4v) is 5.54. The van der Waals surface area contributed by atoms with Crippen molar-refractivity contribution in [2.45, 2.75) is 25.4 Å². The fraction of sp³-hybridized carbons (Fsp3) is 0.333. The molecular formula is C30H33N7O3. The van der Waals surface area contributed by atoms with Gasteiger partial charge in [-0.1, -0.05) is 6.07 Å². The molecule has 0 radical (unpaired) electrons. The molecule has 0 atom stereocenters. The van der Waals surface area contributed by atoms with E-state index in [9.17, 15) is 9.59 Å². The van der Waals surface area contributed by atoms with Crippen LogP contribution < -0.4 is 10.6 Å². The lowest BCUT2D eigenvalue weighted by atomic mass is 10.0. The van der Waals surface area contributed by atoms with Crippen molar-refractivity contribution in [1.82, 2.24) is 29.7 Å². The highest BCUT2D eigenvalue weighted by atomic mass is 16.5. The van der Waals surface area contributed by atoms with Crippen molar-refractivity contribution >= 4 is 28.7 Å². The van der Waals surface area contributed by atoms with Crippen LogP contribution in [-0.2, 0) is 11.3 Å². The smallest absolute Gasteiger partial charge is 0.319 e. The Hall–Kier alpha value is -4.28. The number of piperidine rings is 1. The number of nitrogens with one attached hydrogen (secondary N) is 2. The van der Waals surface area contributed by atoms with Gasteiger partial charge in [-0.15, -0.1) is 0 Å². The summed E-state index contributed by atoms with van der Waals surface area (Å²) in [5.74, 6) is 0.0424. The molecule has 2 N–H and O–H groups in total. The number of urea groups is 1. The van der Waals surface area contributed by atoms with Crippen LogP contribution in [0.25, 0.3) is 16.7 Å². The fourth-order valence-electron chi connectivity index (χ4n) is 5.54. The van der Waals surface area contributed by atoms with E-state index in [2.05, 4.69) is 25.5 Å². The quantitative estimate of drug-likeness (QED) is 0.387. The summed E-state index contributed by atoms with van der Waals surface area (Å²) in [4.78, 5) is 39.1. The number of ether oxygens (including phenoxy) is 1. The van der Waals surface area contributed by atoms with Gasteiger partial charge in [-0.2, -0.15) is 0 Å². The minimum absolute atomic E-state index is 0.0424. The Kier molecular flexibility index (Phi) is 7.69. The van der Waals surface area contributed by atoms with E-state index in [0.29, 0.717) is 23.8 Å². The van der Waals surface area contributed by atoms with Gasteiger partial charge in [0.15, 0.2) is 0 Å². The van der Waals surface area contributed by atoms with Gasteiger partial charge in [0.25, 0.3) is 5.91 Å². The molecule has 2 saturated heterocycles. The van der Waals surface area contributed by atoms with Crippen LogP contribution in [0.2, 0.25) is 0 Å². The van der Waals surface area contributed by atoms with Crippen LogP contribution in [0.3, 0.4) is 0 Å².